The van der Waals surface area contributed by atoms with E-state index in [4.69, 9.17) is 0 Å². The Kier molecular flexibility index (Phi) is 5.88. The summed E-state index contributed by atoms with van der Waals surface area (Å²) >= 11 is 0. The maximum Gasteiger partial charge on any atom is 0.244 e. The first-order chi connectivity index (χ1) is 14.1. The van der Waals surface area contributed by atoms with Gasteiger partial charge in [-0.15, -0.1) is 0 Å². The van der Waals surface area contributed by atoms with Crippen LogP contribution in [0, 0.1) is 5.41 Å². The second-order valence-electron chi connectivity index (χ2n) is 8.80. The molecule has 6 heteroatoms. The molecule has 29 heavy (non-hydrogen) atoms. The van der Waals surface area contributed by atoms with Crippen LogP contribution in [0.25, 0.3) is 0 Å². The van der Waals surface area contributed by atoms with Crippen LogP contribution in [-0.4, -0.2) is 42.3 Å². The molecule has 2 heterocycles. The van der Waals surface area contributed by atoms with E-state index < -0.39 is 5.41 Å². The quantitative estimate of drug-likeness (QED) is 0.786. The van der Waals surface area contributed by atoms with Crippen LogP contribution in [0.15, 0.2) is 24.3 Å². The molecule has 2 saturated heterocycles. The first kappa shape index (κ1) is 19.9. The molecule has 3 amide bonds. The number of nitrogens with one attached hydrogen (secondary N) is 1. The lowest BCUT2D eigenvalue weighted by atomic mass is 9.73. The number of carbonyl (C=O) groups is 3. The molecule has 0 unspecified atom stereocenters. The fraction of sp³-hybridized carbons (Fsp3) is 0.609. The van der Waals surface area contributed by atoms with E-state index >= 15 is 0 Å². The van der Waals surface area contributed by atoms with Gasteiger partial charge in [-0.25, -0.2) is 0 Å². The Hall–Kier alpha value is -2.37. The van der Waals surface area contributed by atoms with Crippen molar-refractivity contribution in [2.45, 2.75) is 64.2 Å². The minimum Gasteiger partial charge on any atom is -0.372 e. The standard InChI is InChI=1S/C23H31N3O3/c27-20(17-26-21(28)16-23(22(26)29)12-4-3-5-13-23)24-18-8-10-19(11-9-18)25-14-6-1-2-7-15-25/h8-11H,1-7,12-17H2,(H,24,27). The maximum atomic E-state index is 12.8. The molecule has 1 N–H and O–H groups in total. The van der Waals surface area contributed by atoms with Gasteiger partial charge in [-0.05, 0) is 49.9 Å². The summed E-state index contributed by atoms with van der Waals surface area (Å²) in [6, 6.07) is 7.86. The average molecular weight is 398 g/mol. The summed E-state index contributed by atoms with van der Waals surface area (Å²) in [6.45, 7) is 1.96. The number of hydrogen-bond acceptors (Lipinski definition) is 4. The average Bonchev–Trinajstić information content (AvgIpc) is 2.93. The summed E-state index contributed by atoms with van der Waals surface area (Å²) in [7, 11) is 0. The molecule has 0 radical (unpaired) electrons. The largest absolute Gasteiger partial charge is 0.372 e. The molecule has 6 nitrogen and oxygen atoms in total. The summed E-state index contributed by atoms with van der Waals surface area (Å²) < 4.78 is 0. The molecule has 3 fully saturated rings. The number of amides is 3. The van der Waals surface area contributed by atoms with Crippen LogP contribution in [0.1, 0.15) is 64.2 Å². The smallest absolute Gasteiger partial charge is 0.244 e. The number of nitrogens with zero attached hydrogens (tertiary/aromatic N) is 2. The molecular formula is C23H31N3O3. The van der Waals surface area contributed by atoms with Crippen LogP contribution >= 0.6 is 0 Å². The third-order valence-electron chi connectivity index (χ3n) is 6.72. The highest BCUT2D eigenvalue weighted by Crippen LogP contribution is 2.45. The third kappa shape index (κ3) is 4.31. The lowest BCUT2D eigenvalue weighted by Crippen LogP contribution is -2.41. The second-order valence-corrected chi connectivity index (χ2v) is 8.80. The van der Waals surface area contributed by atoms with E-state index in [2.05, 4.69) is 10.2 Å². The molecule has 1 saturated carbocycles. The number of likely N-dealkylation sites (tertiary alicyclic amines) is 1. The highest BCUT2D eigenvalue weighted by molar-refractivity contribution is 6.09. The van der Waals surface area contributed by atoms with Crippen molar-refractivity contribution in [1.82, 2.24) is 4.90 Å². The minimum absolute atomic E-state index is 0.145. The van der Waals surface area contributed by atoms with Crippen molar-refractivity contribution in [3.63, 3.8) is 0 Å². The third-order valence-corrected chi connectivity index (χ3v) is 6.72. The van der Waals surface area contributed by atoms with Crippen molar-refractivity contribution in [3.05, 3.63) is 24.3 Å². The van der Waals surface area contributed by atoms with Gasteiger partial charge >= 0.3 is 0 Å². The lowest BCUT2D eigenvalue weighted by molar-refractivity contribution is -0.144. The number of anilines is 2. The minimum atomic E-state index is -0.537. The van der Waals surface area contributed by atoms with Gasteiger partial charge in [-0.1, -0.05) is 32.1 Å². The van der Waals surface area contributed by atoms with Crippen molar-refractivity contribution < 1.29 is 14.4 Å². The Morgan fingerprint density at radius 1 is 0.897 bits per heavy atom. The van der Waals surface area contributed by atoms with Crippen LogP contribution in [0.3, 0.4) is 0 Å². The van der Waals surface area contributed by atoms with Crippen molar-refractivity contribution in [3.8, 4) is 0 Å². The van der Waals surface area contributed by atoms with E-state index in [1.807, 2.05) is 24.3 Å². The molecule has 0 bridgehead atoms. The van der Waals surface area contributed by atoms with Crippen LogP contribution in [0.5, 0.6) is 0 Å². The van der Waals surface area contributed by atoms with Crippen molar-refractivity contribution >= 4 is 29.1 Å². The van der Waals surface area contributed by atoms with Crippen LogP contribution in [0.2, 0.25) is 0 Å². The molecule has 0 aromatic heterocycles. The maximum absolute atomic E-state index is 12.8. The predicted molar refractivity (Wildman–Crippen MR) is 113 cm³/mol. The van der Waals surface area contributed by atoms with E-state index in [-0.39, 0.29) is 30.7 Å². The van der Waals surface area contributed by atoms with E-state index in [1.165, 1.54) is 36.3 Å². The van der Waals surface area contributed by atoms with Crippen molar-refractivity contribution in [1.29, 1.82) is 0 Å². The first-order valence-electron chi connectivity index (χ1n) is 11.1. The highest BCUT2D eigenvalue weighted by Gasteiger charge is 2.51. The van der Waals surface area contributed by atoms with Gasteiger partial charge < -0.3 is 10.2 Å². The number of rotatable bonds is 4. The number of imide groups is 1. The zero-order valence-electron chi connectivity index (χ0n) is 17.1. The Morgan fingerprint density at radius 2 is 1.52 bits per heavy atom. The molecule has 4 rings (SSSR count). The normalized spacial score (nSPS) is 22.1. The molecule has 1 aromatic rings. The van der Waals surface area contributed by atoms with E-state index in [1.54, 1.807) is 0 Å². The van der Waals surface area contributed by atoms with E-state index in [0.29, 0.717) is 5.69 Å². The van der Waals surface area contributed by atoms with Gasteiger partial charge in [-0.2, -0.15) is 0 Å². The topological polar surface area (TPSA) is 69.7 Å². The lowest BCUT2D eigenvalue weighted by Gasteiger charge is -2.30. The van der Waals surface area contributed by atoms with Gasteiger partial charge in [-0.3, -0.25) is 19.3 Å². The van der Waals surface area contributed by atoms with Crippen LogP contribution in [0.4, 0.5) is 11.4 Å². The summed E-state index contributed by atoms with van der Waals surface area (Å²) in [5.74, 6) is -0.667. The van der Waals surface area contributed by atoms with Crippen molar-refractivity contribution in [2.24, 2.45) is 5.41 Å². The Labute approximate surface area is 172 Å². The highest BCUT2D eigenvalue weighted by atomic mass is 16.2. The number of benzene rings is 1. The summed E-state index contributed by atoms with van der Waals surface area (Å²) in [4.78, 5) is 41.3. The Bertz CT molecular complexity index is 760. The number of carbonyl (C=O) groups excluding carboxylic acids is 3. The fourth-order valence-corrected chi connectivity index (χ4v) is 5.07. The van der Waals surface area contributed by atoms with Gasteiger partial charge in [0.05, 0.1) is 5.41 Å². The molecule has 1 aromatic carbocycles. The van der Waals surface area contributed by atoms with Gasteiger partial charge in [0, 0.05) is 30.9 Å². The molecule has 1 aliphatic carbocycles. The van der Waals surface area contributed by atoms with E-state index in [0.717, 1.165) is 45.2 Å². The van der Waals surface area contributed by atoms with Gasteiger partial charge in [0.15, 0.2) is 0 Å². The zero-order valence-corrected chi connectivity index (χ0v) is 17.1. The molecular weight excluding hydrogens is 366 g/mol. The molecule has 1 spiro atoms. The van der Waals surface area contributed by atoms with Crippen LogP contribution in [-0.2, 0) is 14.4 Å². The fourth-order valence-electron chi connectivity index (χ4n) is 5.07. The van der Waals surface area contributed by atoms with Crippen molar-refractivity contribution in [2.75, 3.05) is 29.9 Å². The van der Waals surface area contributed by atoms with Gasteiger partial charge in [0.2, 0.25) is 17.7 Å². The Morgan fingerprint density at radius 3 is 2.17 bits per heavy atom. The zero-order chi connectivity index (χ0) is 20.3. The molecule has 2 aliphatic heterocycles. The monoisotopic (exact) mass is 397 g/mol. The van der Waals surface area contributed by atoms with E-state index in [9.17, 15) is 14.4 Å². The SMILES string of the molecule is O=C(CN1C(=O)CC2(CCCCC2)C1=O)Nc1ccc(N2CCCCCC2)cc1. The van der Waals surface area contributed by atoms with Crippen LogP contribution < -0.4 is 10.2 Å². The first-order valence-corrected chi connectivity index (χ1v) is 11.1. The second kappa shape index (κ2) is 8.56. The molecule has 156 valence electrons. The predicted octanol–water partition coefficient (Wildman–Crippen LogP) is 3.71. The summed E-state index contributed by atoms with van der Waals surface area (Å²) in [6.07, 6.45) is 9.93. The number of hydrogen-bond donors (Lipinski definition) is 1. The summed E-state index contributed by atoms with van der Waals surface area (Å²) in [5.41, 5.74) is 1.33. The van der Waals surface area contributed by atoms with Gasteiger partial charge in [0.25, 0.3) is 0 Å². The molecule has 0 atom stereocenters. The van der Waals surface area contributed by atoms with Gasteiger partial charge in [0.1, 0.15) is 6.54 Å². The Balaban J connectivity index is 1.34. The summed E-state index contributed by atoms with van der Waals surface area (Å²) in [5, 5.41) is 2.84. The molecule has 3 aliphatic rings.